The predicted octanol–water partition coefficient (Wildman–Crippen LogP) is 0.960. The highest BCUT2D eigenvalue weighted by atomic mass is 16.5. The van der Waals surface area contributed by atoms with Gasteiger partial charge in [-0.2, -0.15) is 9.97 Å². The van der Waals surface area contributed by atoms with Crippen LogP contribution in [-0.2, 0) is 13.1 Å². The van der Waals surface area contributed by atoms with E-state index in [-0.39, 0.29) is 12.0 Å². The Hall–Kier alpha value is -2.41. The van der Waals surface area contributed by atoms with Crippen LogP contribution in [0.25, 0.3) is 0 Å². The summed E-state index contributed by atoms with van der Waals surface area (Å²) in [7, 11) is 2.98. The molecule has 0 radical (unpaired) electrons. The summed E-state index contributed by atoms with van der Waals surface area (Å²) in [5, 5.41) is 3.10. The summed E-state index contributed by atoms with van der Waals surface area (Å²) in [5.41, 5.74) is 7.78. The fraction of sp³-hybridized carbons (Fsp3) is 0.308. The molecule has 0 saturated carbocycles. The van der Waals surface area contributed by atoms with Crippen LogP contribution >= 0.6 is 0 Å². The van der Waals surface area contributed by atoms with E-state index in [0.29, 0.717) is 19.0 Å². The van der Waals surface area contributed by atoms with Gasteiger partial charge in [0.25, 0.3) is 0 Å². The summed E-state index contributed by atoms with van der Waals surface area (Å²) in [6, 6.07) is 8.39. The quantitative estimate of drug-likeness (QED) is 0.810. The first-order chi connectivity index (χ1) is 9.75. The molecule has 0 spiro atoms. The van der Waals surface area contributed by atoms with Crippen molar-refractivity contribution in [2.24, 2.45) is 5.73 Å². The molecule has 1 aromatic carbocycles. The third-order valence-electron chi connectivity index (χ3n) is 2.64. The van der Waals surface area contributed by atoms with E-state index in [4.69, 9.17) is 15.2 Å². The number of nitrogens with one attached hydrogen (secondary N) is 1. The first kappa shape index (κ1) is 14.0. The van der Waals surface area contributed by atoms with Crippen molar-refractivity contribution in [3.63, 3.8) is 0 Å². The number of hydrogen-bond donors (Lipinski definition) is 2. The molecule has 0 saturated heterocycles. The van der Waals surface area contributed by atoms with E-state index in [0.717, 1.165) is 11.1 Å². The smallest absolute Gasteiger partial charge is 0.324 e. The van der Waals surface area contributed by atoms with Crippen LogP contribution in [0.5, 0.6) is 12.0 Å². The second-order valence-electron chi connectivity index (χ2n) is 4.01. The van der Waals surface area contributed by atoms with Crippen molar-refractivity contribution in [2.75, 3.05) is 19.5 Å². The van der Waals surface area contributed by atoms with Crippen molar-refractivity contribution in [2.45, 2.75) is 13.1 Å². The van der Waals surface area contributed by atoms with E-state index in [1.807, 2.05) is 24.3 Å². The second-order valence-corrected chi connectivity index (χ2v) is 4.01. The molecule has 0 fully saturated rings. The molecule has 0 unspecified atom stereocenters. The molecule has 106 valence electrons. The van der Waals surface area contributed by atoms with Crippen LogP contribution in [0.3, 0.4) is 0 Å². The fourth-order valence-electron chi connectivity index (χ4n) is 1.65. The summed E-state index contributed by atoms with van der Waals surface area (Å²) in [4.78, 5) is 12.1. The van der Waals surface area contributed by atoms with Crippen LogP contribution in [0.4, 0.5) is 5.95 Å². The Kier molecular flexibility index (Phi) is 4.67. The maximum absolute atomic E-state index is 5.62. The summed E-state index contributed by atoms with van der Waals surface area (Å²) < 4.78 is 9.97. The molecule has 3 N–H and O–H groups in total. The van der Waals surface area contributed by atoms with Crippen LogP contribution in [-0.4, -0.2) is 29.2 Å². The Balaban J connectivity index is 2.09. The second kappa shape index (κ2) is 6.67. The molecule has 0 atom stereocenters. The first-order valence-corrected chi connectivity index (χ1v) is 6.11. The monoisotopic (exact) mass is 275 g/mol. The Bertz CT molecular complexity index is 554. The van der Waals surface area contributed by atoms with Gasteiger partial charge >= 0.3 is 12.0 Å². The first-order valence-electron chi connectivity index (χ1n) is 6.11. The SMILES string of the molecule is COc1nc(NCc2cccc(CN)c2)nc(OC)n1. The molecule has 2 aromatic rings. The normalized spacial score (nSPS) is 10.2. The van der Waals surface area contributed by atoms with Crippen LogP contribution in [0.1, 0.15) is 11.1 Å². The van der Waals surface area contributed by atoms with Gasteiger partial charge in [0.1, 0.15) is 0 Å². The lowest BCUT2D eigenvalue weighted by molar-refractivity contribution is 0.341. The average Bonchev–Trinajstić information content (AvgIpc) is 2.52. The van der Waals surface area contributed by atoms with Crippen LogP contribution < -0.4 is 20.5 Å². The van der Waals surface area contributed by atoms with Gasteiger partial charge in [-0.25, -0.2) is 0 Å². The number of nitrogens with zero attached hydrogens (tertiary/aromatic N) is 3. The molecular formula is C13H17N5O2. The summed E-state index contributed by atoms with van der Waals surface area (Å²) in [6.45, 7) is 1.09. The minimum atomic E-state index is 0.204. The summed E-state index contributed by atoms with van der Waals surface area (Å²) in [6.07, 6.45) is 0. The molecule has 20 heavy (non-hydrogen) atoms. The van der Waals surface area contributed by atoms with Gasteiger partial charge < -0.3 is 20.5 Å². The van der Waals surface area contributed by atoms with Crippen molar-refractivity contribution in [3.8, 4) is 12.0 Å². The summed E-state index contributed by atoms with van der Waals surface area (Å²) >= 11 is 0. The maximum Gasteiger partial charge on any atom is 0.324 e. The van der Waals surface area contributed by atoms with E-state index in [1.165, 1.54) is 14.2 Å². The zero-order valence-electron chi connectivity index (χ0n) is 11.5. The lowest BCUT2D eigenvalue weighted by Crippen LogP contribution is -2.07. The number of benzene rings is 1. The van der Waals surface area contributed by atoms with Gasteiger partial charge in [0.15, 0.2) is 0 Å². The van der Waals surface area contributed by atoms with E-state index >= 15 is 0 Å². The number of methoxy groups -OCH3 is 2. The van der Waals surface area contributed by atoms with Gasteiger partial charge in [0, 0.05) is 13.1 Å². The fourth-order valence-corrected chi connectivity index (χ4v) is 1.65. The van der Waals surface area contributed by atoms with Gasteiger partial charge in [-0.3, -0.25) is 0 Å². The molecule has 0 aliphatic heterocycles. The minimum Gasteiger partial charge on any atom is -0.467 e. The van der Waals surface area contributed by atoms with Crippen LogP contribution in [0.2, 0.25) is 0 Å². The topological polar surface area (TPSA) is 95.2 Å². The van der Waals surface area contributed by atoms with E-state index in [9.17, 15) is 0 Å². The highest BCUT2D eigenvalue weighted by Crippen LogP contribution is 2.13. The van der Waals surface area contributed by atoms with Gasteiger partial charge in [0.2, 0.25) is 5.95 Å². The zero-order valence-corrected chi connectivity index (χ0v) is 11.5. The highest BCUT2D eigenvalue weighted by molar-refractivity contribution is 5.31. The molecular weight excluding hydrogens is 258 g/mol. The number of rotatable bonds is 6. The van der Waals surface area contributed by atoms with Crippen LogP contribution in [0, 0.1) is 0 Å². The Morgan fingerprint density at radius 3 is 2.30 bits per heavy atom. The van der Waals surface area contributed by atoms with E-state index < -0.39 is 0 Å². The van der Waals surface area contributed by atoms with E-state index in [2.05, 4.69) is 20.3 Å². The molecule has 1 heterocycles. The lowest BCUT2D eigenvalue weighted by Gasteiger charge is -2.08. The van der Waals surface area contributed by atoms with Gasteiger partial charge in [-0.15, -0.1) is 4.98 Å². The average molecular weight is 275 g/mol. The predicted molar refractivity (Wildman–Crippen MR) is 74.6 cm³/mol. The molecule has 7 nitrogen and oxygen atoms in total. The molecule has 0 bridgehead atoms. The lowest BCUT2D eigenvalue weighted by atomic mass is 10.1. The molecule has 1 aromatic heterocycles. The van der Waals surface area contributed by atoms with Crippen molar-refractivity contribution in [3.05, 3.63) is 35.4 Å². The van der Waals surface area contributed by atoms with Crippen molar-refractivity contribution >= 4 is 5.95 Å². The Labute approximate surface area is 117 Å². The molecule has 0 aliphatic carbocycles. The standard InChI is InChI=1S/C13H17N5O2/c1-19-12-16-11(17-13(18-12)20-2)15-8-10-5-3-4-9(6-10)7-14/h3-6H,7-8,14H2,1-2H3,(H,15,16,17,18). The number of hydrogen-bond acceptors (Lipinski definition) is 7. The zero-order chi connectivity index (χ0) is 14.4. The van der Waals surface area contributed by atoms with Gasteiger partial charge in [0.05, 0.1) is 14.2 Å². The molecule has 7 heteroatoms. The van der Waals surface area contributed by atoms with Gasteiger partial charge in [-0.1, -0.05) is 24.3 Å². The molecule has 0 aliphatic rings. The Morgan fingerprint density at radius 2 is 1.70 bits per heavy atom. The van der Waals surface area contributed by atoms with Crippen molar-refractivity contribution < 1.29 is 9.47 Å². The number of anilines is 1. The van der Waals surface area contributed by atoms with E-state index in [1.54, 1.807) is 0 Å². The maximum atomic E-state index is 5.62. The van der Waals surface area contributed by atoms with Crippen molar-refractivity contribution in [1.82, 2.24) is 15.0 Å². The molecule has 2 rings (SSSR count). The minimum absolute atomic E-state index is 0.204. The molecule has 0 amide bonds. The number of ether oxygens (including phenoxy) is 2. The van der Waals surface area contributed by atoms with Crippen LogP contribution in [0.15, 0.2) is 24.3 Å². The largest absolute Gasteiger partial charge is 0.467 e. The third-order valence-corrected chi connectivity index (χ3v) is 2.64. The third kappa shape index (κ3) is 3.55. The number of aromatic nitrogens is 3. The summed E-state index contributed by atoms with van der Waals surface area (Å²) in [5.74, 6) is 0.395. The van der Waals surface area contributed by atoms with Crippen molar-refractivity contribution in [1.29, 1.82) is 0 Å². The Morgan fingerprint density at radius 1 is 1.05 bits per heavy atom. The van der Waals surface area contributed by atoms with Gasteiger partial charge in [-0.05, 0) is 11.1 Å². The highest BCUT2D eigenvalue weighted by Gasteiger charge is 2.06. The number of nitrogens with two attached hydrogens (primary N) is 1.